The number of hydrogen-bond donors (Lipinski definition) is 0. The summed E-state index contributed by atoms with van der Waals surface area (Å²) in [5.74, 6) is 1.63. The zero-order chi connectivity index (χ0) is 15.1. The summed E-state index contributed by atoms with van der Waals surface area (Å²) in [5.41, 5.74) is 2.23. The van der Waals surface area contributed by atoms with Gasteiger partial charge in [-0.25, -0.2) is 0 Å². The minimum absolute atomic E-state index is 0.632. The summed E-state index contributed by atoms with van der Waals surface area (Å²) in [6.45, 7) is 3.47. The molecule has 3 nitrogen and oxygen atoms in total. The predicted octanol–water partition coefficient (Wildman–Crippen LogP) is 4.02. The maximum atomic E-state index is 5.69. The molecule has 1 fully saturated rings. The minimum atomic E-state index is 0.632. The molecule has 0 spiro atoms. The molecule has 0 radical (unpaired) electrons. The van der Waals surface area contributed by atoms with Crippen molar-refractivity contribution in [1.82, 2.24) is 4.90 Å². The number of rotatable bonds is 4. The van der Waals surface area contributed by atoms with Crippen molar-refractivity contribution in [2.24, 2.45) is 5.92 Å². The van der Waals surface area contributed by atoms with Gasteiger partial charge in [0, 0.05) is 24.0 Å². The van der Waals surface area contributed by atoms with E-state index in [2.05, 4.69) is 30.0 Å². The molecule has 3 heterocycles. The lowest BCUT2D eigenvalue weighted by Gasteiger charge is -2.46. The second kappa shape index (κ2) is 5.47. The maximum absolute atomic E-state index is 5.69. The van der Waals surface area contributed by atoms with Gasteiger partial charge in [0.1, 0.15) is 11.3 Å². The molecule has 2 aromatic rings. The molecular formula is C19H23NO2. The Morgan fingerprint density at radius 2 is 2.18 bits per heavy atom. The SMILES string of the molecule is COc1ccc2occ(CCN3C4C=CC(CC4)C3C)c2c1. The molecule has 1 aromatic carbocycles. The van der Waals surface area contributed by atoms with E-state index < -0.39 is 0 Å². The zero-order valence-corrected chi connectivity index (χ0v) is 13.3. The number of benzene rings is 1. The summed E-state index contributed by atoms with van der Waals surface area (Å²) in [5, 5.41) is 1.18. The van der Waals surface area contributed by atoms with Crippen molar-refractivity contribution in [2.45, 2.75) is 38.3 Å². The first-order valence-corrected chi connectivity index (χ1v) is 8.24. The molecule has 3 heteroatoms. The Morgan fingerprint density at radius 3 is 2.91 bits per heavy atom. The molecule has 22 heavy (non-hydrogen) atoms. The van der Waals surface area contributed by atoms with Gasteiger partial charge in [0.2, 0.25) is 0 Å². The van der Waals surface area contributed by atoms with E-state index in [1.54, 1.807) is 7.11 Å². The maximum Gasteiger partial charge on any atom is 0.134 e. The lowest BCUT2D eigenvalue weighted by atomic mass is 9.80. The smallest absolute Gasteiger partial charge is 0.134 e. The van der Waals surface area contributed by atoms with E-state index in [4.69, 9.17) is 9.15 Å². The number of methoxy groups -OCH3 is 1. The van der Waals surface area contributed by atoms with Crippen molar-refractivity contribution in [3.8, 4) is 5.75 Å². The van der Waals surface area contributed by atoms with Crippen molar-refractivity contribution < 1.29 is 9.15 Å². The molecule has 3 unspecified atom stereocenters. The molecule has 5 rings (SSSR count). The Bertz CT molecular complexity index is 703. The van der Waals surface area contributed by atoms with Gasteiger partial charge < -0.3 is 9.15 Å². The Kier molecular flexibility index (Phi) is 3.45. The van der Waals surface area contributed by atoms with E-state index in [1.807, 2.05) is 18.4 Å². The standard InChI is InChI=1S/C19H23NO2/c1-13-14-3-5-16(6-4-14)20(13)10-9-15-12-22-19-8-7-17(21-2)11-18(15)19/h3,5,7-8,11-14,16H,4,6,9-10H2,1-2H3. The second-order valence-electron chi connectivity index (χ2n) is 6.54. The van der Waals surface area contributed by atoms with Gasteiger partial charge in [-0.05, 0) is 55.9 Å². The van der Waals surface area contributed by atoms with Crippen molar-refractivity contribution in [3.05, 3.63) is 42.2 Å². The number of furan rings is 1. The van der Waals surface area contributed by atoms with E-state index in [-0.39, 0.29) is 0 Å². The van der Waals surface area contributed by atoms with Crippen LogP contribution >= 0.6 is 0 Å². The fourth-order valence-corrected chi connectivity index (χ4v) is 4.05. The van der Waals surface area contributed by atoms with Crippen molar-refractivity contribution in [1.29, 1.82) is 0 Å². The first-order valence-electron chi connectivity index (χ1n) is 8.24. The Morgan fingerprint density at radius 1 is 1.27 bits per heavy atom. The van der Waals surface area contributed by atoms with Crippen LogP contribution in [0.5, 0.6) is 5.75 Å². The number of fused-ring (bicyclic) bond motifs is 3. The molecule has 1 aliphatic carbocycles. The van der Waals surface area contributed by atoms with Crippen molar-refractivity contribution in [3.63, 3.8) is 0 Å². The first kappa shape index (κ1) is 13.9. The summed E-state index contributed by atoms with van der Waals surface area (Å²) < 4.78 is 11.0. The third-order valence-electron chi connectivity index (χ3n) is 5.45. The van der Waals surface area contributed by atoms with Crippen molar-refractivity contribution in [2.75, 3.05) is 13.7 Å². The molecule has 2 bridgehead atoms. The summed E-state index contributed by atoms with van der Waals surface area (Å²) in [4.78, 5) is 2.66. The molecule has 1 aromatic heterocycles. The Labute approximate surface area is 131 Å². The van der Waals surface area contributed by atoms with Crippen LogP contribution in [0.1, 0.15) is 25.3 Å². The van der Waals surface area contributed by atoms with E-state index in [0.717, 1.165) is 30.2 Å². The monoisotopic (exact) mass is 297 g/mol. The number of nitrogens with zero attached hydrogens (tertiary/aromatic N) is 1. The normalized spacial score (nSPS) is 27.6. The van der Waals surface area contributed by atoms with Crippen molar-refractivity contribution >= 4 is 11.0 Å². The summed E-state index contributed by atoms with van der Waals surface area (Å²) in [6.07, 6.45) is 10.4. The van der Waals surface area contributed by atoms with E-state index in [1.165, 1.54) is 23.8 Å². The molecule has 1 saturated heterocycles. The third-order valence-corrected chi connectivity index (χ3v) is 5.45. The van der Waals surface area contributed by atoms with Crippen LogP contribution in [0.3, 0.4) is 0 Å². The molecule has 0 N–H and O–H groups in total. The van der Waals surface area contributed by atoms with Gasteiger partial charge in [-0.3, -0.25) is 4.90 Å². The largest absolute Gasteiger partial charge is 0.497 e. The van der Waals surface area contributed by atoms with Crippen LogP contribution in [0.25, 0.3) is 11.0 Å². The highest BCUT2D eigenvalue weighted by Crippen LogP contribution is 2.35. The van der Waals surface area contributed by atoms with E-state index >= 15 is 0 Å². The highest BCUT2D eigenvalue weighted by molar-refractivity contribution is 5.82. The highest BCUT2D eigenvalue weighted by Gasteiger charge is 2.35. The molecule has 0 saturated carbocycles. The minimum Gasteiger partial charge on any atom is -0.497 e. The summed E-state index contributed by atoms with van der Waals surface area (Å²) in [6, 6.07) is 7.32. The van der Waals surface area contributed by atoms with E-state index in [0.29, 0.717) is 12.1 Å². The average molecular weight is 297 g/mol. The summed E-state index contributed by atoms with van der Waals surface area (Å²) in [7, 11) is 1.71. The van der Waals surface area contributed by atoms with Crippen LogP contribution in [0.15, 0.2) is 41.0 Å². The van der Waals surface area contributed by atoms with Crippen LogP contribution < -0.4 is 4.74 Å². The molecule has 3 atom stereocenters. The van der Waals surface area contributed by atoms with Gasteiger partial charge in [-0.15, -0.1) is 0 Å². The number of hydrogen-bond acceptors (Lipinski definition) is 3. The highest BCUT2D eigenvalue weighted by atomic mass is 16.5. The van der Waals surface area contributed by atoms with Gasteiger partial charge in [-0.1, -0.05) is 12.2 Å². The van der Waals surface area contributed by atoms with Gasteiger partial charge in [0.15, 0.2) is 0 Å². The fraction of sp³-hybridized carbons (Fsp3) is 0.474. The quantitative estimate of drug-likeness (QED) is 0.797. The van der Waals surface area contributed by atoms with Gasteiger partial charge in [0.05, 0.1) is 13.4 Å². The topological polar surface area (TPSA) is 25.6 Å². The van der Waals surface area contributed by atoms with E-state index in [9.17, 15) is 0 Å². The molecule has 116 valence electrons. The first-order chi connectivity index (χ1) is 10.8. The van der Waals surface area contributed by atoms with Crippen LogP contribution in [0.2, 0.25) is 0 Å². The molecule has 0 amide bonds. The lowest BCUT2D eigenvalue weighted by molar-refractivity contribution is 0.0768. The zero-order valence-electron chi connectivity index (χ0n) is 13.3. The van der Waals surface area contributed by atoms with Gasteiger partial charge in [0.25, 0.3) is 0 Å². The van der Waals surface area contributed by atoms with Crippen LogP contribution in [-0.4, -0.2) is 30.6 Å². The van der Waals surface area contributed by atoms with Crippen LogP contribution in [0.4, 0.5) is 0 Å². The second-order valence-corrected chi connectivity index (χ2v) is 6.54. The third kappa shape index (κ3) is 2.24. The average Bonchev–Trinajstić information content (AvgIpc) is 2.97. The molecular weight excluding hydrogens is 274 g/mol. The fourth-order valence-electron chi connectivity index (χ4n) is 4.05. The predicted molar refractivity (Wildman–Crippen MR) is 88.3 cm³/mol. The van der Waals surface area contributed by atoms with Crippen LogP contribution in [-0.2, 0) is 6.42 Å². The Hall–Kier alpha value is -1.74. The lowest BCUT2D eigenvalue weighted by Crippen LogP contribution is -2.51. The molecule has 3 aliphatic rings. The number of ether oxygens (including phenoxy) is 1. The Balaban J connectivity index is 1.53. The van der Waals surface area contributed by atoms with Gasteiger partial charge in [-0.2, -0.15) is 0 Å². The molecule has 2 aliphatic heterocycles. The summed E-state index contributed by atoms with van der Waals surface area (Å²) >= 11 is 0. The van der Waals surface area contributed by atoms with Gasteiger partial charge >= 0.3 is 0 Å². The van der Waals surface area contributed by atoms with Crippen LogP contribution in [0, 0.1) is 5.92 Å². The number of piperidine rings is 1.